The van der Waals surface area contributed by atoms with Crippen LogP contribution >= 0.6 is 0 Å². The fourth-order valence-electron chi connectivity index (χ4n) is 5.52. The summed E-state index contributed by atoms with van der Waals surface area (Å²) in [6, 6.07) is 21.3. The van der Waals surface area contributed by atoms with E-state index in [4.69, 9.17) is 4.74 Å². The lowest BCUT2D eigenvalue weighted by Gasteiger charge is -2.12. The Bertz CT molecular complexity index is 2120. The summed E-state index contributed by atoms with van der Waals surface area (Å²) in [6.45, 7) is 2.67. The van der Waals surface area contributed by atoms with E-state index in [0.29, 0.717) is 30.1 Å². The molecule has 10 heteroatoms. The van der Waals surface area contributed by atoms with E-state index < -0.39 is 0 Å². The van der Waals surface area contributed by atoms with Gasteiger partial charge in [-0.05, 0) is 61.1 Å². The maximum Gasteiger partial charge on any atom is 0.181 e. The highest BCUT2D eigenvalue weighted by atomic mass is 19.1. The van der Waals surface area contributed by atoms with Crippen LogP contribution in [0.25, 0.3) is 55.6 Å². The van der Waals surface area contributed by atoms with Crippen LogP contribution in [-0.2, 0) is 13.1 Å². The number of ether oxygens (including phenoxy) is 1. The Morgan fingerprint density at radius 1 is 0.804 bits per heavy atom. The number of benzene rings is 2. The van der Waals surface area contributed by atoms with Gasteiger partial charge in [0.1, 0.15) is 18.2 Å². The summed E-state index contributed by atoms with van der Waals surface area (Å²) in [4.78, 5) is 19.1. The standard InChI is InChI=1S/C36H33FN8O/c1-45(2)8-9-46-29-12-25(11-28(37)14-29)32-21-40-22-34-30(32)15-33(42-34)35-31-13-27(20-41-36(31)44-43-35)26-10-24(18-39-19-26)17-38-16-23-6-4-3-5-7-23/h3-7,10-15,18-22,38,42H,8-9,16-17H2,1-2H3,(H,41,43,44). The van der Waals surface area contributed by atoms with E-state index in [-0.39, 0.29) is 5.82 Å². The summed E-state index contributed by atoms with van der Waals surface area (Å²) in [5.74, 6) is 0.113. The van der Waals surface area contributed by atoms with Gasteiger partial charge in [0.25, 0.3) is 0 Å². The Hall–Kier alpha value is -5.45. The summed E-state index contributed by atoms with van der Waals surface area (Å²) in [6.07, 6.45) is 9.06. The van der Waals surface area contributed by atoms with Gasteiger partial charge in [-0.3, -0.25) is 15.1 Å². The third kappa shape index (κ3) is 6.35. The molecule has 0 unspecified atom stereocenters. The Labute approximate surface area is 265 Å². The zero-order valence-electron chi connectivity index (χ0n) is 25.6. The molecule has 0 saturated carbocycles. The first-order valence-corrected chi connectivity index (χ1v) is 15.1. The molecule has 0 aliphatic heterocycles. The fraction of sp³-hybridized carbons (Fsp3) is 0.167. The summed E-state index contributed by atoms with van der Waals surface area (Å²) in [5, 5.41) is 12.9. The molecular formula is C36H33FN8O. The van der Waals surface area contributed by atoms with Gasteiger partial charge in [-0.15, -0.1) is 0 Å². The number of H-pyrrole nitrogens is 2. The summed E-state index contributed by atoms with van der Waals surface area (Å²) in [5.41, 5.74) is 8.75. The number of hydrogen-bond donors (Lipinski definition) is 3. The van der Waals surface area contributed by atoms with Crippen LogP contribution in [0, 0.1) is 5.82 Å². The van der Waals surface area contributed by atoms with Crippen LogP contribution in [0.4, 0.5) is 4.39 Å². The SMILES string of the molecule is CN(C)CCOc1cc(F)cc(-c2cncc3[nH]c(-c4[nH]nc5ncc(-c6cncc(CNCc7ccccc7)c6)cc45)cc23)c1. The van der Waals surface area contributed by atoms with Gasteiger partial charge in [0, 0.05) is 78.0 Å². The molecule has 0 spiro atoms. The average molecular weight is 613 g/mol. The first-order chi connectivity index (χ1) is 22.5. The van der Waals surface area contributed by atoms with E-state index in [1.165, 1.54) is 17.7 Å². The lowest BCUT2D eigenvalue weighted by Crippen LogP contribution is -2.19. The van der Waals surface area contributed by atoms with Gasteiger partial charge in [-0.2, -0.15) is 5.10 Å². The number of rotatable bonds is 11. The number of hydrogen-bond acceptors (Lipinski definition) is 7. The molecular weight excluding hydrogens is 579 g/mol. The summed E-state index contributed by atoms with van der Waals surface area (Å²) in [7, 11) is 3.94. The second kappa shape index (κ2) is 12.9. The van der Waals surface area contributed by atoms with Crippen LogP contribution in [-0.4, -0.2) is 62.3 Å². The second-order valence-electron chi connectivity index (χ2n) is 11.5. The molecule has 2 aromatic carbocycles. The third-order valence-electron chi connectivity index (χ3n) is 7.84. The number of likely N-dealkylation sites (N-methyl/N-ethyl adjacent to an activating group) is 1. The van der Waals surface area contributed by atoms with Crippen molar-refractivity contribution in [3.63, 3.8) is 0 Å². The number of aromatic amines is 2. The number of halogens is 1. The van der Waals surface area contributed by atoms with Crippen LogP contribution in [0.1, 0.15) is 11.1 Å². The number of aromatic nitrogens is 6. The van der Waals surface area contributed by atoms with Crippen molar-refractivity contribution >= 4 is 21.9 Å². The van der Waals surface area contributed by atoms with Crippen molar-refractivity contribution < 1.29 is 9.13 Å². The van der Waals surface area contributed by atoms with Crippen molar-refractivity contribution in [3.05, 3.63) is 115 Å². The zero-order valence-corrected chi connectivity index (χ0v) is 25.6. The monoisotopic (exact) mass is 612 g/mol. The van der Waals surface area contributed by atoms with Crippen molar-refractivity contribution in [2.24, 2.45) is 0 Å². The van der Waals surface area contributed by atoms with Gasteiger partial charge in [0.2, 0.25) is 0 Å². The molecule has 0 fully saturated rings. The minimum atomic E-state index is -0.367. The lowest BCUT2D eigenvalue weighted by molar-refractivity contribution is 0.260. The molecule has 5 aromatic heterocycles. The van der Waals surface area contributed by atoms with Crippen molar-refractivity contribution in [3.8, 4) is 39.4 Å². The van der Waals surface area contributed by atoms with Gasteiger partial charge >= 0.3 is 0 Å². The second-order valence-corrected chi connectivity index (χ2v) is 11.5. The molecule has 7 aromatic rings. The van der Waals surface area contributed by atoms with Crippen molar-refractivity contribution in [2.45, 2.75) is 13.1 Å². The smallest absolute Gasteiger partial charge is 0.181 e. The van der Waals surface area contributed by atoms with E-state index in [1.54, 1.807) is 12.4 Å². The van der Waals surface area contributed by atoms with Gasteiger partial charge < -0.3 is 19.9 Å². The fourth-order valence-corrected chi connectivity index (χ4v) is 5.52. The van der Waals surface area contributed by atoms with E-state index in [9.17, 15) is 4.39 Å². The quantitative estimate of drug-likeness (QED) is 0.151. The molecule has 0 radical (unpaired) electrons. The molecule has 7 rings (SSSR count). The predicted molar refractivity (Wildman–Crippen MR) is 179 cm³/mol. The van der Waals surface area contributed by atoms with Crippen molar-refractivity contribution in [2.75, 3.05) is 27.2 Å². The Kier molecular flexibility index (Phi) is 8.20. The van der Waals surface area contributed by atoms with Crippen molar-refractivity contribution in [1.82, 2.24) is 40.3 Å². The highest BCUT2D eigenvalue weighted by Crippen LogP contribution is 2.35. The molecule has 0 bridgehead atoms. The maximum atomic E-state index is 14.7. The molecule has 0 saturated heterocycles. The van der Waals surface area contributed by atoms with Crippen LogP contribution in [0.2, 0.25) is 0 Å². The molecule has 3 N–H and O–H groups in total. The topological polar surface area (TPSA) is 108 Å². The zero-order chi connectivity index (χ0) is 31.5. The van der Waals surface area contributed by atoms with E-state index >= 15 is 0 Å². The minimum Gasteiger partial charge on any atom is -0.492 e. The summed E-state index contributed by atoms with van der Waals surface area (Å²) < 4.78 is 20.5. The van der Waals surface area contributed by atoms with Gasteiger partial charge in [-0.1, -0.05) is 30.3 Å². The van der Waals surface area contributed by atoms with Gasteiger partial charge in [-0.25, -0.2) is 9.37 Å². The molecule has 0 amide bonds. The number of pyridine rings is 3. The highest BCUT2D eigenvalue weighted by molar-refractivity contribution is 6.00. The normalized spacial score (nSPS) is 11.6. The molecule has 0 atom stereocenters. The van der Waals surface area contributed by atoms with E-state index in [2.05, 4.69) is 59.7 Å². The number of fused-ring (bicyclic) bond motifs is 2. The minimum absolute atomic E-state index is 0.367. The van der Waals surface area contributed by atoms with Crippen LogP contribution in [0.5, 0.6) is 5.75 Å². The molecule has 0 aliphatic rings. The number of nitrogens with zero attached hydrogens (tertiary/aromatic N) is 5. The third-order valence-corrected chi connectivity index (χ3v) is 7.84. The van der Waals surface area contributed by atoms with E-state index in [1.807, 2.05) is 67.9 Å². The highest BCUT2D eigenvalue weighted by Gasteiger charge is 2.16. The van der Waals surface area contributed by atoms with Gasteiger partial charge in [0.15, 0.2) is 5.65 Å². The first kappa shape index (κ1) is 29.3. The molecule has 230 valence electrons. The van der Waals surface area contributed by atoms with Crippen LogP contribution < -0.4 is 10.1 Å². The predicted octanol–water partition coefficient (Wildman–Crippen LogP) is 6.60. The van der Waals surface area contributed by atoms with Crippen molar-refractivity contribution in [1.29, 1.82) is 0 Å². The molecule has 0 aliphatic carbocycles. The summed E-state index contributed by atoms with van der Waals surface area (Å²) >= 11 is 0. The van der Waals surface area contributed by atoms with Crippen LogP contribution in [0.15, 0.2) is 97.7 Å². The lowest BCUT2D eigenvalue weighted by atomic mass is 10.0. The Morgan fingerprint density at radius 2 is 1.63 bits per heavy atom. The Morgan fingerprint density at radius 3 is 2.50 bits per heavy atom. The number of nitrogens with one attached hydrogen (secondary N) is 3. The Balaban J connectivity index is 1.17. The van der Waals surface area contributed by atoms with Gasteiger partial charge in [0.05, 0.1) is 23.1 Å². The average Bonchev–Trinajstić information content (AvgIpc) is 3.69. The van der Waals surface area contributed by atoms with E-state index in [0.717, 1.165) is 63.0 Å². The molecule has 46 heavy (non-hydrogen) atoms. The van der Waals surface area contributed by atoms with Crippen LogP contribution in [0.3, 0.4) is 0 Å². The molecule has 5 heterocycles. The first-order valence-electron chi connectivity index (χ1n) is 15.1. The maximum absolute atomic E-state index is 14.7. The largest absolute Gasteiger partial charge is 0.492 e. The molecule has 9 nitrogen and oxygen atoms in total.